The van der Waals surface area contributed by atoms with Gasteiger partial charge in [0.2, 0.25) is 5.91 Å². The number of carbonyl (C=O) groups excluding carboxylic acids is 1. The van der Waals surface area contributed by atoms with Gasteiger partial charge >= 0.3 is 5.69 Å². The van der Waals surface area contributed by atoms with Crippen LogP contribution in [-0.4, -0.2) is 39.1 Å². The molecule has 0 fully saturated rings. The monoisotopic (exact) mass is 237 g/mol. The van der Waals surface area contributed by atoms with Gasteiger partial charge in [0.1, 0.15) is 18.9 Å². The first-order valence-corrected chi connectivity index (χ1v) is 4.82. The van der Waals surface area contributed by atoms with Crippen LogP contribution in [0.15, 0.2) is 12.4 Å². The first kappa shape index (κ1) is 12.6. The van der Waals surface area contributed by atoms with E-state index in [-0.39, 0.29) is 24.6 Å². The highest BCUT2D eigenvalue weighted by Gasteiger charge is 2.13. The zero-order valence-corrected chi connectivity index (χ0v) is 9.24. The summed E-state index contributed by atoms with van der Waals surface area (Å²) in [7, 11) is 1.57. The van der Waals surface area contributed by atoms with Gasteiger partial charge in [-0.05, 0) is 0 Å². The van der Waals surface area contributed by atoms with Crippen molar-refractivity contribution in [2.24, 2.45) is 0 Å². The van der Waals surface area contributed by atoms with Crippen molar-refractivity contribution in [1.29, 1.82) is 5.26 Å². The molecule has 1 rings (SSSR count). The van der Waals surface area contributed by atoms with Crippen LogP contribution in [0, 0.1) is 21.4 Å². The number of hydrogen-bond donors (Lipinski definition) is 0. The van der Waals surface area contributed by atoms with E-state index in [0.29, 0.717) is 6.54 Å². The molecule has 0 atom stereocenters. The lowest BCUT2D eigenvalue weighted by Crippen LogP contribution is -2.31. The summed E-state index contributed by atoms with van der Waals surface area (Å²) in [5, 5.41) is 22.5. The standard InChI is InChI=1S/C9H11N5O3/c1-12(4-2-3-10)9(15)7-13-6-8(5-11-13)14(16)17/h5-6H,2,4,7H2,1H3. The normalized spacial score (nSPS) is 9.65. The number of nitrogens with zero attached hydrogens (tertiary/aromatic N) is 5. The van der Waals surface area contributed by atoms with Crippen LogP contribution in [0.2, 0.25) is 0 Å². The molecule has 0 saturated carbocycles. The Hall–Kier alpha value is -2.43. The highest BCUT2D eigenvalue weighted by molar-refractivity contribution is 5.75. The van der Waals surface area contributed by atoms with E-state index in [4.69, 9.17) is 5.26 Å². The van der Waals surface area contributed by atoms with Gasteiger partial charge in [-0.25, -0.2) is 0 Å². The highest BCUT2D eigenvalue weighted by Crippen LogP contribution is 2.07. The summed E-state index contributed by atoms with van der Waals surface area (Å²) in [5.41, 5.74) is -0.155. The fourth-order valence-corrected chi connectivity index (χ4v) is 1.14. The van der Waals surface area contributed by atoms with E-state index >= 15 is 0 Å². The zero-order valence-electron chi connectivity index (χ0n) is 9.24. The molecule has 0 spiro atoms. The Kier molecular flexibility index (Phi) is 4.16. The summed E-state index contributed by atoms with van der Waals surface area (Å²) in [4.78, 5) is 22.8. The van der Waals surface area contributed by atoms with Gasteiger partial charge in [-0.1, -0.05) is 0 Å². The van der Waals surface area contributed by atoms with Gasteiger partial charge in [-0.15, -0.1) is 0 Å². The fraction of sp³-hybridized carbons (Fsp3) is 0.444. The summed E-state index contributed by atoms with van der Waals surface area (Å²) in [6, 6.07) is 1.93. The van der Waals surface area contributed by atoms with Crippen LogP contribution in [0.4, 0.5) is 5.69 Å². The number of carbonyl (C=O) groups is 1. The van der Waals surface area contributed by atoms with Gasteiger partial charge in [-0.3, -0.25) is 19.6 Å². The van der Waals surface area contributed by atoms with Crippen LogP contribution in [0.1, 0.15) is 6.42 Å². The molecule has 17 heavy (non-hydrogen) atoms. The van der Waals surface area contributed by atoms with Crippen molar-refractivity contribution in [1.82, 2.24) is 14.7 Å². The third-order valence-corrected chi connectivity index (χ3v) is 2.11. The lowest BCUT2D eigenvalue weighted by Gasteiger charge is -2.14. The molecule has 0 saturated heterocycles. The van der Waals surface area contributed by atoms with Crippen LogP contribution in [-0.2, 0) is 11.3 Å². The second kappa shape index (κ2) is 5.60. The maximum Gasteiger partial charge on any atom is 0.307 e. The number of nitriles is 1. The average Bonchev–Trinajstić information content (AvgIpc) is 2.74. The molecule has 0 aliphatic rings. The second-order valence-electron chi connectivity index (χ2n) is 3.38. The van der Waals surface area contributed by atoms with Crippen molar-refractivity contribution in [2.75, 3.05) is 13.6 Å². The fourth-order valence-electron chi connectivity index (χ4n) is 1.14. The molecule has 90 valence electrons. The smallest absolute Gasteiger partial charge is 0.307 e. The molecule has 0 aromatic carbocycles. The van der Waals surface area contributed by atoms with Crippen LogP contribution in [0.25, 0.3) is 0 Å². The first-order valence-electron chi connectivity index (χ1n) is 4.82. The van der Waals surface area contributed by atoms with Gasteiger partial charge in [-0.2, -0.15) is 10.4 Å². The minimum atomic E-state index is -0.576. The van der Waals surface area contributed by atoms with Crippen molar-refractivity contribution < 1.29 is 9.72 Å². The van der Waals surface area contributed by atoms with Crippen molar-refractivity contribution in [3.05, 3.63) is 22.5 Å². The minimum Gasteiger partial charge on any atom is -0.343 e. The van der Waals surface area contributed by atoms with E-state index in [1.165, 1.54) is 15.8 Å². The molecule has 0 radical (unpaired) electrons. The van der Waals surface area contributed by atoms with Gasteiger partial charge in [0.25, 0.3) is 0 Å². The molecular weight excluding hydrogens is 226 g/mol. The Morgan fingerprint density at radius 3 is 3.00 bits per heavy atom. The number of aromatic nitrogens is 2. The van der Waals surface area contributed by atoms with Crippen LogP contribution in [0.3, 0.4) is 0 Å². The lowest BCUT2D eigenvalue weighted by atomic mass is 10.4. The SMILES string of the molecule is CN(CCC#N)C(=O)Cn1cc([N+](=O)[O-])cn1. The number of hydrogen-bond acceptors (Lipinski definition) is 5. The third kappa shape index (κ3) is 3.57. The Balaban J connectivity index is 2.56. The molecule has 0 unspecified atom stereocenters. The maximum atomic E-state index is 11.6. The largest absolute Gasteiger partial charge is 0.343 e. The van der Waals surface area contributed by atoms with Crippen molar-refractivity contribution in [3.8, 4) is 6.07 Å². The predicted octanol–water partition coefficient (Wildman–Crippen LogP) is 0.163. The molecule has 0 aliphatic heterocycles. The van der Waals surface area contributed by atoms with E-state index in [0.717, 1.165) is 6.20 Å². The molecule has 0 aliphatic carbocycles. The summed E-state index contributed by atoms with van der Waals surface area (Å²) in [5.74, 6) is -0.252. The Labute approximate surface area is 97.2 Å². The summed E-state index contributed by atoms with van der Waals surface area (Å²) < 4.78 is 1.20. The van der Waals surface area contributed by atoms with E-state index in [2.05, 4.69) is 5.10 Å². The van der Waals surface area contributed by atoms with Crippen molar-refractivity contribution in [3.63, 3.8) is 0 Å². The number of likely N-dealkylation sites (N-methyl/N-ethyl adjacent to an activating group) is 1. The Morgan fingerprint density at radius 2 is 2.47 bits per heavy atom. The second-order valence-corrected chi connectivity index (χ2v) is 3.38. The van der Waals surface area contributed by atoms with Crippen LogP contribution in [0.5, 0.6) is 0 Å². The van der Waals surface area contributed by atoms with Gasteiger partial charge in [0.15, 0.2) is 0 Å². The molecule has 0 bridgehead atoms. The molecule has 1 heterocycles. The zero-order chi connectivity index (χ0) is 12.8. The Morgan fingerprint density at radius 1 is 1.76 bits per heavy atom. The highest BCUT2D eigenvalue weighted by atomic mass is 16.6. The summed E-state index contributed by atoms with van der Waals surface area (Å²) >= 11 is 0. The lowest BCUT2D eigenvalue weighted by molar-refractivity contribution is -0.385. The average molecular weight is 237 g/mol. The topological polar surface area (TPSA) is 105 Å². The summed E-state index contributed by atoms with van der Waals surface area (Å²) in [6.07, 6.45) is 2.53. The quantitative estimate of drug-likeness (QED) is 0.535. The minimum absolute atomic E-state index is 0.0736. The van der Waals surface area contributed by atoms with Crippen LogP contribution < -0.4 is 0 Å². The molecule has 1 aromatic rings. The first-order chi connectivity index (χ1) is 8.04. The molecule has 1 aromatic heterocycles. The Bertz CT molecular complexity index is 461. The third-order valence-electron chi connectivity index (χ3n) is 2.11. The maximum absolute atomic E-state index is 11.6. The molecular formula is C9H11N5O3. The van der Waals surface area contributed by atoms with Crippen molar-refractivity contribution in [2.45, 2.75) is 13.0 Å². The molecule has 8 nitrogen and oxygen atoms in total. The van der Waals surface area contributed by atoms with Crippen molar-refractivity contribution >= 4 is 11.6 Å². The molecule has 8 heteroatoms. The van der Waals surface area contributed by atoms with E-state index in [1.807, 2.05) is 6.07 Å². The van der Waals surface area contributed by atoms with Gasteiger partial charge in [0, 0.05) is 13.6 Å². The van der Waals surface area contributed by atoms with Crippen LogP contribution >= 0.6 is 0 Å². The summed E-state index contributed by atoms with van der Waals surface area (Å²) in [6.45, 7) is 0.258. The predicted molar refractivity (Wildman–Crippen MR) is 56.7 cm³/mol. The number of amides is 1. The van der Waals surface area contributed by atoms with Gasteiger partial charge in [0.05, 0.1) is 17.4 Å². The number of rotatable bonds is 5. The number of nitro groups is 1. The van der Waals surface area contributed by atoms with Gasteiger partial charge < -0.3 is 4.90 Å². The van der Waals surface area contributed by atoms with E-state index in [9.17, 15) is 14.9 Å². The van der Waals surface area contributed by atoms with E-state index < -0.39 is 4.92 Å². The van der Waals surface area contributed by atoms with E-state index in [1.54, 1.807) is 7.05 Å². The molecule has 1 amide bonds. The molecule has 0 N–H and O–H groups in total.